The summed E-state index contributed by atoms with van der Waals surface area (Å²) in [6.07, 6.45) is 4.14. The number of rotatable bonds is 7. The van der Waals surface area contributed by atoms with Gasteiger partial charge in [-0.25, -0.2) is 0 Å². The highest BCUT2D eigenvalue weighted by Crippen LogP contribution is 2.31. The minimum atomic E-state index is 0. The van der Waals surface area contributed by atoms with Crippen LogP contribution in [-0.2, 0) is 11.3 Å². The highest BCUT2D eigenvalue weighted by molar-refractivity contribution is 5.85. The molecule has 2 bridgehead atoms. The lowest BCUT2D eigenvalue weighted by Gasteiger charge is -2.46. The Morgan fingerprint density at radius 2 is 1.93 bits per heavy atom. The maximum atomic E-state index is 12.2. The summed E-state index contributed by atoms with van der Waals surface area (Å²) in [6.45, 7) is 8.74. The van der Waals surface area contributed by atoms with E-state index >= 15 is 0 Å². The molecule has 28 heavy (non-hydrogen) atoms. The Kier molecular flexibility index (Phi) is 10.8. The third-order valence-corrected chi connectivity index (χ3v) is 6.21. The van der Waals surface area contributed by atoms with Crippen LogP contribution in [0.25, 0.3) is 0 Å². The van der Waals surface area contributed by atoms with Gasteiger partial charge in [-0.1, -0.05) is 30.3 Å². The third kappa shape index (κ3) is 6.91. The van der Waals surface area contributed by atoms with Crippen LogP contribution in [0, 0.1) is 11.8 Å². The fraction of sp³-hybridized carbons (Fsp3) is 0.682. The number of benzene rings is 1. The predicted molar refractivity (Wildman–Crippen MR) is 121 cm³/mol. The number of piperidine rings is 2. The number of likely N-dealkylation sites (tertiary alicyclic amines) is 1. The Morgan fingerprint density at radius 1 is 1.21 bits per heavy atom. The van der Waals surface area contributed by atoms with Gasteiger partial charge in [-0.2, -0.15) is 0 Å². The summed E-state index contributed by atoms with van der Waals surface area (Å²) in [5.41, 5.74) is 1.42. The fourth-order valence-electron chi connectivity index (χ4n) is 4.52. The molecule has 2 saturated heterocycles. The van der Waals surface area contributed by atoms with Crippen LogP contribution < -0.4 is 5.32 Å². The lowest BCUT2D eigenvalue weighted by Crippen LogP contribution is -2.55. The number of fused-ring (bicyclic) bond motifs is 2. The molecule has 1 aromatic carbocycles. The topological polar surface area (TPSA) is 35.6 Å². The van der Waals surface area contributed by atoms with Crippen molar-refractivity contribution in [1.82, 2.24) is 15.1 Å². The average Bonchev–Trinajstić information content (AvgIpc) is 2.63. The molecule has 0 unspecified atom stereocenters. The molecule has 0 radical (unpaired) electrons. The number of carbonyl (C=O) groups excluding carboxylic acids is 1. The number of carbonyl (C=O) groups is 1. The van der Waals surface area contributed by atoms with Gasteiger partial charge in [-0.3, -0.25) is 9.69 Å². The van der Waals surface area contributed by atoms with Gasteiger partial charge in [0.1, 0.15) is 0 Å². The van der Waals surface area contributed by atoms with Gasteiger partial charge in [-0.15, -0.1) is 24.8 Å². The van der Waals surface area contributed by atoms with E-state index in [1.807, 2.05) is 11.9 Å². The van der Waals surface area contributed by atoms with Crippen LogP contribution >= 0.6 is 24.8 Å². The molecule has 2 heterocycles. The van der Waals surface area contributed by atoms with Crippen LogP contribution in [0.5, 0.6) is 0 Å². The second-order valence-corrected chi connectivity index (χ2v) is 8.55. The first kappa shape index (κ1) is 25.2. The molecule has 0 spiro atoms. The van der Waals surface area contributed by atoms with Crippen molar-refractivity contribution in [3.8, 4) is 0 Å². The van der Waals surface area contributed by atoms with Crippen molar-refractivity contribution < 1.29 is 4.79 Å². The first-order valence-electron chi connectivity index (χ1n) is 10.3. The maximum absolute atomic E-state index is 12.2. The Balaban J connectivity index is 0.00000196. The van der Waals surface area contributed by atoms with Crippen molar-refractivity contribution in [3.05, 3.63) is 35.9 Å². The van der Waals surface area contributed by atoms with E-state index in [9.17, 15) is 4.79 Å². The SMILES string of the molecule is CC(C)N(C)C(=O)CCC[C@H]1NC[C@@H]2C[C@@H]1CN(Cc1ccccc1)C2.Cl.Cl. The number of amides is 1. The van der Waals surface area contributed by atoms with Crippen LogP contribution in [0.3, 0.4) is 0 Å². The lowest BCUT2D eigenvalue weighted by atomic mass is 9.79. The first-order chi connectivity index (χ1) is 12.5. The molecule has 2 fully saturated rings. The van der Waals surface area contributed by atoms with E-state index in [2.05, 4.69) is 54.4 Å². The summed E-state index contributed by atoms with van der Waals surface area (Å²) < 4.78 is 0. The van der Waals surface area contributed by atoms with Gasteiger partial charge in [0.25, 0.3) is 0 Å². The van der Waals surface area contributed by atoms with Crippen LogP contribution in [0.4, 0.5) is 0 Å². The largest absolute Gasteiger partial charge is 0.343 e. The molecule has 4 nitrogen and oxygen atoms in total. The molecule has 2 aliphatic rings. The van der Waals surface area contributed by atoms with Crippen molar-refractivity contribution in [2.45, 2.75) is 58.2 Å². The number of hydrogen-bond donors (Lipinski definition) is 1. The fourth-order valence-corrected chi connectivity index (χ4v) is 4.52. The van der Waals surface area contributed by atoms with E-state index in [0.29, 0.717) is 18.5 Å². The standard InChI is InChI=1S/C22H35N3O.2ClH/c1-17(2)24(3)22(26)11-7-10-21-20-12-19(13-23-21)15-25(16-20)14-18-8-5-4-6-9-18;;/h4-6,8-9,17,19-21,23H,7,10-16H2,1-3H3;2*1H/t19-,20+,21+;;/m0../s1. The Labute approximate surface area is 183 Å². The first-order valence-corrected chi connectivity index (χ1v) is 10.3. The monoisotopic (exact) mass is 429 g/mol. The van der Waals surface area contributed by atoms with E-state index in [4.69, 9.17) is 0 Å². The van der Waals surface area contributed by atoms with Crippen molar-refractivity contribution in [2.24, 2.45) is 11.8 Å². The summed E-state index contributed by atoms with van der Waals surface area (Å²) in [7, 11) is 1.92. The molecule has 2 aliphatic heterocycles. The summed E-state index contributed by atoms with van der Waals surface area (Å²) in [6, 6.07) is 11.7. The number of nitrogens with zero attached hydrogens (tertiary/aromatic N) is 2. The van der Waals surface area contributed by atoms with Gasteiger partial charge in [0.2, 0.25) is 5.91 Å². The molecule has 1 amide bonds. The smallest absolute Gasteiger partial charge is 0.222 e. The molecule has 6 heteroatoms. The van der Waals surface area contributed by atoms with Crippen LogP contribution in [0.15, 0.2) is 30.3 Å². The van der Waals surface area contributed by atoms with E-state index in [0.717, 1.165) is 37.8 Å². The van der Waals surface area contributed by atoms with Crippen molar-refractivity contribution >= 4 is 30.7 Å². The van der Waals surface area contributed by atoms with Crippen molar-refractivity contribution in [3.63, 3.8) is 0 Å². The molecule has 1 aromatic rings. The van der Waals surface area contributed by atoms with E-state index in [-0.39, 0.29) is 30.7 Å². The van der Waals surface area contributed by atoms with Gasteiger partial charge in [0, 0.05) is 45.2 Å². The molecule has 3 rings (SSSR count). The lowest BCUT2D eigenvalue weighted by molar-refractivity contribution is -0.131. The molecule has 0 aliphatic carbocycles. The zero-order chi connectivity index (χ0) is 18.5. The Morgan fingerprint density at radius 3 is 2.61 bits per heavy atom. The highest BCUT2D eigenvalue weighted by Gasteiger charge is 2.36. The second-order valence-electron chi connectivity index (χ2n) is 8.55. The summed E-state index contributed by atoms with van der Waals surface area (Å²) in [4.78, 5) is 16.7. The van der Waals surface area contributed by atoms with Gasteiger partial charge in [-0.05, 0) is 57.1 Å². The summed E-state index contributed by atoms with van der Waals surface area (Å²) >= 11 is 0. The quantitative estimate of drug-likeness (QED) is 0.711. The summed E-state index contributed by atoms with van der Waals surface area (Å²) in [5.74, 6) is 1.79. The minimum Gasteiger partial charge on any atom is -0.343 e. The molecule has 0 aromatic heterocycles. The van der Waals surface area contributed by atoms with Crippen LogP contribution in [0.2, 0.25) is 0 Å². The van der Waals surface area contributed by atoms with Crippen LogP contribution in [-0.4, -0.2) is 54.5 Å². The Bertz CT molecular complexity index is 584. The normalized spacial score (nSPS) is 24.2. The molecule has 1 N–H and O–H groups in total. The highest BCUT2D eigenvalue weighted by atomic mass is 35.5. The molecular formula is C22H37Cl2N3O. The molecule has 0 saturated carbocycles. The van der Waals surface area contributed by atoms with Gasteiger partial charge >= 0.3 is 0 Å². The van der Waals surface area contributed by atoms with Gasteiger partial charge in [0.05, 0.1) is 0 Å². The average molecular weight is 430 g/mol. The maximum Gasteiger partial charge on any atom is 0.222 e. The number of hydrogen-bond acceptors (Lipinski definition) is 3. The molecule has 160 valence electrons. The molecular weight excluding hydrogens is 393 g/mol. The number of nitrogens with one attached hydrogen (secondary N) is 1. The zero-order valence-corrected chi connectivity index (χ0v) is 19.1. The predicted octanol–water partition coefficient (Wildman–Crippen LogP) is 3.98. The van der Waals surface area contributed by atoms with Crippen molar-refractivity contribution in [1.29, 1.82) is 0 Å². The van der Waals surface area contributed by atoms with Crippen LogP contribution in [0.1, 0.15) is 45.1 Å². The molecule has 3 atom stereocenters. The van der Waals surface area contributed by atoms with E-state index < -0.39 is 0 Å². The van der Waals surface area contributed by atoms with E-state index in [1.165, 1.54) is 25.1 Å². The Hall–Kier alpha value is -0.810. The zero-order valence-electron chi connectivity index (χ0n) is 17.5. The van der Waals surface area contributed by atoms with E-state index in [1.54, 1.807) is 0 Å². The second kappa shape index (κ2) is 12.0. The van der Waals surface area contributed by atoms with Gasteiger partial charge < -0.3 is 10.2 Å². The third-order valence-electron chi connectivity index (χ3n) is 6.21. The number of halogens is 2. The van der Waals surface area contributed by atoms with Gasteiger partial charge in [0.15, 0.2) is 0 Å². The summed E-state index contributed by atoms with van der Waals surface area (Å²) in [5, 5.41) is 3.78. The minimum absolute atomic E-state index is 0. The van der Waals surface area contributed by atoms with Crippen molar-refractivity contribution in [2.75, 3.05) is 26.7 Å².